The summed E-state index contributed by atoms with van der Waals surface area (Å²) < 4.78 is 10.9. The van der Waals surface area contributed by atoms with Crippen molar-refractivity contribution in [3.05, 3.63) is 23.8 Å². The van der Waals surface area contributed by atoms with Gasteiger partial charge >= 0.3 is 0 Å². The largest absolute Gasteiger partial charge is 0.493 e. The van der Waals surface area contributed by atoms with Crippen LogP contribution >= 0.6 is 11.6 Å². The van der Waals surface area contributed by atoms with Crippen molar-refractivity contribution < 1.29 is 9.47 Å². The van der Waals surface area contributed by atoms with Crippen LogP contribution in [0.2, 0.25) is 0 Å². The van der Waals surface area contributed by atoms with Crippen LogP contribution in [0.25, 0.3) is 0 Å². The fourth-order valence-corrected chi connectivity index (χ4v) is 1.68. The second-order valence-corrected chi connectivity index (χ2v) is 4.56. The molecule has 1 unspecified atom stereocenters. The molecule has 16 heavy (non-hydrogen) atoms. The Morgan fingerprint density at radius 3 is 2.62 bits per heavy atom. The Morgan fingerprint density at radius 2 is 2.06 bits per heavy atom. The van der Waals surface area contributed by atoms with Crippen molar-refractivity contribution in [3.8, 4) is 11.5 Å². The van der Waals surface area contributed by atoms with E-state index in [4.69, 9.17) is 21.1 Å². The van der Waals surface area contributed by atoms with E-state index in [1.54, 1.807) is 7.11 Å². The Balaban J connectivity index is 2.83. The molecule has 0 bridgehead atoms. The normalized spacial score (nSPS) is 12.2. The lowest BCUT2D eigenvalue weighted by atomic mass is 10.1. The van der Waals surface area contributed by atoms with Crippen LogP contribution in [0.5, 0.6) is 11.5 Å². The van der Waals surface area contributed by atoms with Gasteiger partial charge < -0.3 is 9.47 Å². The van der Waals surface area contributed by atoms with E-state index in [9.17, 15) is 0 Å². The van der Waals surface area contributed by atoms with Crippen molar-refractivity contribution in [2.45, 2.75) is 32.1 Å². The van der Waals surface area contributed by atoms with E-state index in [2.05, 4.69) is 6.92 Å². The van der Waals surface area contributed by atoms with Gasteiger partial charge in [0.2, 0.25) is 0 Å². The maximum atomic E-state index is 5.97. The lowest BCUT2D eigenvalue weighted by molar-refractivity contribution is 0.294. The van der Waals surface area contributed by atoms with Crippen LogP contribution in [0.4, 0.5) is 0 Å². The summed E-state index contributed by atoms with van der Waals surface area (Å²) in [6, 6.07) is 5.96. The Labute approximate surface area is 103 Å². The highest BCUT2D eigenvalue weighted by Crippen LogP contribution is 2.28. The highest BCUT2D eigenvalue weighted by Gasteiger charge is 2.07. The fourth-order valence-electron chi connectivity index (χ4n) is 1.50. The quantitative estimate of drug-likeness (QED) is 0.709. The molecular weight excluding hydrogens is 224 g/mol. The van der Waals surface area contributed by atoms with Gasteiger partial charge in [0.25, 0.3) is 0 Å². The minimum atomic E-state index is 0.132. The average Bonchev–Trinajstić information content (AvgIpc) is 2.25. The number of benzene rings is 1. The molecule has 0 aromatic heterocycles. The van der Waals surface area contributed by atoms with Gasteiger partial charge in [-0.3, -0.25) is 0 Å². The molecule has 0 aliphatic rings. The second kappa shape index (κ2) is 6.64. The monoisotopic (exact) mass is 242 g/mol. The van der Waals surface area contributed by atoms with E-state index < -0.39 is 0 Å². The molecule has 0 aliphatic carbocycles. The highest BCUT2D eigenvalue weighted by atomic mass is 35.5. The molecule has 3 heteroatoms. The first-order valence-electron chi connectivity index (χ1n) is 5.61. The van der Waals surface area contributed by atoms with E-state index in [1.165, 1.54) is 5.56 Å². The molecule has 0 heterocycles. The minimum absolute atomic E-state index is 0.132. The van der Waals surface area contributed by atoms with Crippen LogP contribution in [0.3, 0.4) is 0 Å². The third-order valence-electron chi connectivity index (χ3n) is 2.21. The number of ether oxygens (including phenoxy) is 2. The zero-order valence-corrected chi connectivity index (χ0v) is 10.9. The molecule has 0 amide bonds. The standard InChI is InChI=1S/C13H19ClO2/c1-4-7-16-13-9-11(8-10(2)14)5-6-12(13)15-3/h5-6,9-10H,4,7-8H2,1-3H3. The number of methoxy groups -OCH3 is 1. The number of halogens is 1. The van der Waals surface area contributed by atoms with Crippen LogP contribution in [-0.4, -0.2) is 19.1 Å². The van der Waals surface area contributed by atoms with Crippen molar-refractivity contribution in [3.63, 3.8) is 0 Å². The Morgan fingerprint density at radius 1 is 1.31 bits per heavy atom. The molecule has 1 atom stereocenters. The first kappa shape index (κ1) is 13.2. The molecule has 0 radical (unpaired) electrons. The smallest absolute Gasteiger partial charge is 0.161 e. The molecule has 0 N–H and O–H groups in total. The van der Waals surface area contributed by atoms with Crippen LogP contribution in [-0.2, 0) is 6.42 Å². The van der Waals surface area contributed by atoms with Crippen LogP contribution in [0.15, 0.2) is 18.2 Å². The van der Waals surface area contributed by atoms with Gasteiger partial charge in [0.05, 0.1) is 13.7 Å². The number of hydrogen-bond acceptors (Lipinski definition) is 2. The zero-order chi connectivity index (χ0) is 12.0. The van der Waals surface area contributed by atoms with Gasteiger partial charge in [-0.05, 0) is 37.5 Å². The van der Waals surface area contributed by atoms with Gasteiger partial charge in [0.1, 0.15) is 0 Å². The summed E-state index contributed by atoms with van der Waals surface area (Å²) >= 11 is 5.97. The number of hydrogen-bond donors (Lipinski definition) is 0. The maximum Gasteiger partial charge on any atom is 0.161 e. The summed E-state index contributed by atoms with van der Waals surface area (Å²) in [5.74, 6) is 1.58. The highest BCUT2D eigenvalue weighted by molar-refractivity contribution is 6.20. The van der Waals surface area contributed by atoms with Gasteiger partial charge in [-0.2, -0.15) is 0 Å². The Bertz CT molecular complexity index is 324. The first-order chi connectivity index (χ1) is 7.67. The van der Waals surface area contributed by atoms with Crippen LogP contribution in [0, 0.1) is 0 Å². The van der Waals surface area contributed by atoms with Crippen molar-refractivity contribution in [2.75, 3.05) is 13.7 Å². The average molecular weight is 243 g/mol. The summed E-state index contributed by atoms with van der Waals surface area (Å²) in [5.41, 5.74) is 1.18. The molecule has 1 rings (SSSR count). The van der Waals surface area contributed by atoms with Crippen molar-refractivity contribution in [2.24, 2.45) is 0 Å². The predicted molar refractivity (Wildman–Crippen MR) is 67.8 cm³/mol. The zero-order valence-electron chi connectivity index (χ0n) is 10.1. The molecule has 0 saturated heterocycles. The summed E-state index contributed by atoms with van der Waals surface area (Å²) in [5, 5.41) is 0.132. The number of rotatable bonds is 6. The summed E-state index contributed by atoms with van der Waals surface area (Å²) in [4.78, 5) is 0. The Hall–Kier alpha value is -0.890. The minimum Gasteiger partial charge on any atom is -0.493 e. The van der Waals surface area contributed by atoms with Crippen molar-refractivity contribution in [1.29, 1.82) is 0 Å². The van der Waals surface area contributed by atoms with Crippen molar-refractivity contribution in [1.82, 2.24) is 0 Å². The third kappa shape index (κ3) is 3.93. The second-order valence-electron chi connectivity index (χ2n) is 3.82. The van der Waals surface area contributed by atoms with E-state index in [1.807, 2.05) is 25.1 Å². The first-order valence-corrected chi connectivity index (χ1v) is 6.04. The van der Waals surface area contributed by atoms with Crippen LogP contribution in [0.1, 0.15) is 25.8 Å². The molecule has 0 saturated carbocycles. The SMILES string of the molecule is CCCOc1cc(CC(C)Cl)ccc1OC. The van der Waals surface area contributed by atoms with E-state index >= 15 is 0 Å². The topological polar surface area (TPSA) is 18.5 Å². The van der Waals surface area contributed by atoms with E-state index in [-0.39, 0.29) is 5.38 Å². The van der Waals surface area contributed by atoms with Gasteiger partial charge in [0, 0.05) is 5.38 Å². The van der Waals surface area contributed by atoms with Crippen molar-refractivity contribution >= 4 is 11.6 Å². The molecular formula is C13H19ClO2. The molecule has 0 spiro atoms. The molecule has 90 valence electrons. The number of alkyl halides is 1. The lowest BCUT2D eigenvalue weighted by Gasteiger charge is -2.12. The molecule has 1 aromatic rings. The van der Waals surface area contributed by atoms with Gasteiger partial charge in [-0.15, -0.1) is 11.6 Å². The summed E-state index contributed by atoms with van der Waals surface area (Å²) in [7, 11) is 1.65. The van der Waals surface area contributed by atoms with Gasteiger partial charge in [-0.25, -0.2) is 0 Å². The van der Waals surface area contributed by atoms with Gasteiger partial charge in [-0.1, -0.05) is 13.0 Å². The summed E-state index contributed by atoms with van der Waals surface area (Å²) in [6.45, 7) is 4.77. The third-order valence-corrected chi connectivity index (χ3v) is 2.36. The summed E-state index contributed by atoms with van der Waals surface area (Å²) in [6.07, 6.45) is 1.83. The molecule has 0 fully saturated rings. The fraction of sp³-hybridized carbons (Fsp3) is 0.538. The van der Waals surface area contributed by atoms with E-state index in [0.29, 0.717) is 6.61 Å². The maximum absolute atomic E-state index is 5.97. The Kier molecular flexibility index (Phi) is 5.47. The van der Waals surface area contributed by atoms with E-state index in [0.717, 1.165) is 24.3 Å². The molecule has 1 aromatic carbocycles. The predicted octanol–water partition coefficient (Wildman–Crippen LogP) is 3.65. The molecule has 2 nitrogen and oxygen atoms in total. The lowest BCUT2D eigenvalue weighted by Crippen LogP contribution is -2.01. The van der Waals surface area contributed by atoms with Crippen LogP contribution < -0.4 is 9.47 Å². The van der Waals surface area contributed by atoms with Gasteiger partial charge in [0.15, 0.2) is 11.5 Å². The molecule has 0 aliphatic heterocycles.